The minimum Gasteiger partial charge on any atom is -0.495 e. The molecule has 128 valence electrons. The van der Waals surface area contributed by atoms with E-state index in [0.29, 0.717) is 28.5 Å². The third-order valence-electron chi connectivity index (χ3n) is 3.91. The summed E-state index contributed by atoms with van der Waals surface area (Å²) >= 11 is 0. The fraction of sp³-hybridized carbons (Fsp3) is 0.0500. The molecule has 0 radical (unpaired) electrons. The van der Waals surface area contributed by atoms with Gasteiger partial charge in [0, 0.05) is 18.0 Å². The minimum absolute atomic E-state index is 0.272. The Balaban J connectivity index is 1.70. The number of oxazole rings is 1. The topological polar surface area (TPSA) is 77.3 Å². The number of hydrogen-bond acceptors (Lipinski definition) is 5. The van der Waals surface area contributed by atoms with E-state index in [4.69, 9.17) is 9.15 Å². The molecule has 26 heavy (non-hydrogen) atoms. The maximum Gasteiger partial charge on any atom is 0.257 e. The van der Waals surface area contributed by atoms with E-state index in [1.807, 2.05) is 30.3 Å². The van der Waals surface area contributed by atoms with Crippen molar-refractivity contribution >= 4 is 22.7 Å². The van der Waals surface area contributed by atoms with Gasteiger partial charge in [0.15, 0.2) is 5.58 Å². The van der Waals surface area contributed by atoms with Gasteiger partial charge in [-0.05, 0) is 42.5 Å². The SMILES string of the molecule is COc1ccc(-c2nc3ccccc3o2)cc1NC(=O)c1cccnc1. The number of anilines is 1. The van der Waals surface area contributed by atoms with E-state index in [1.54, 1.807) is 37.6 Å². The van der Waals surface area contributed by atoms with E-state index in [9.17, 15) is 4.79 Å². The van der Waals surface area contributed by atoms with Crippen molar-refractivity contribution in [1.29, 1.82) is 0 Å². The van der Waals surface area contributed by atoms with E-state index in [0.717, 1.165) is 11.1 Å². The molecule has 2 aromatic carbocycles. The summed E-state index contributed by atoms with van der Waals surface area (Å²) in [5, 5.41) is 2.85. The molecule has 0 aliphatic heterocycles. The molecule has 0 atom stereocenters. The maximum atomic E-state index is 12.4. The molecule has 0 unspecified atom stereocenters. The highest BCUT2D eigenvalue weighted by Crippen LogP contribution is 2.32. The fourth-order valence-corrected chi connectivity index (χ4v) is 2.63. The van der Waals surface area contributed by atoms with Crippen molar-refractivity contribution in [3.63, 3.8) is 0 Å². The Morgan fingerprint density at radius 2 is 2.00 bits per heavy atom. The lowest BCUT2D eigenvalue weighted by molar-refractivity contribution is 0.102. The Hall–Kier alpha value is -3.67. The Morgan fingerprint density at radius 1 is 1.12 bits per heavy atom. The predicted octanol–water partition coefficient (Wildman–Crippen LogP) is 4.15. The van der Waals surface area contributed by atoms with Gasteiger partial charge < -0.3 is 14.5 Å². The van der Waals surface area contributed by atoms with Crippen LogP contribution in [0.4, 0.5) is 5.69 Å². The number of methoxy groups -OCH3 is 1. The van der Waals surface area contributed by atoms with E-state index in [2.05, 4.69) is 15.3 Å². The molecular weight excluding hydrogens is 330 g/mol. The van der Waals surface area contributed by atoms with Gasteiger partial charge in [-0.2, -0.15) is 0 Å². The van der Waals surface area contributed by atoms with Crippen molar-refractivity contribution in [3.8, 4) is 17.2 Å². The number of ether oxygens (including phenoxy) is 1. The van der Waals surface area contributed by atoms with Crippen LogP contribution in [0.3, 0.4) is 0 Å². The summed E-state index contributed by atoms with van der Waals surface area (Å²) in [5.41, 5.74) is 3.21. The Bertz CT molecular complexity index is 1040. The van der Waals surface area contributed by atoms with Crippen molar-refractivity contribution in [2.75, 3.05) is 12.4 Å². The van der Waals surface area contributed by atoms with Crippen LogP contribution in [0.25, 0.3) is 22.6 Å². The van der Waals surface area contributed by atoms with Gasteiger partial charge in [0.1, 0.15) is 11.3 Å². The molecular formula is C20H15N3O3. The first kappa shape index (κ1) is 15.8. The van der Waals surface area contributed by atoms with Crippen LogP contribution in [0.1, 0.15) is 10.4 Å². The summed E-state index contributed by atoms with van der Waals surface area (Å²) in [5.74, 6) is 0.749. The zero-order valence-corrected chi connectivity index (χ0v) is 14.0. The number of hydrogen-bond donors (Lipinski definition) is 1. The molecule has 0 spiro atoms. The largest absolute Gasteiger partial charge is 0.495 e. The van der Waals surface area contributed by atoms with Crippen molar-refractivity contribution in [3.05, 3.63) is 72.6 Å². The van der Waals surface area contributed by atoms with Crippen LogP contribution in [0.15, 0.2) is 71.4 Å². The van der Waals surface area contributed by atoms with Gasteiger partial charge in [0.05, 0.1) is 18.4 Å². The first-order valence-corrected chi connectivity index (χ1v) is 8.00. The molecule has 0 bridgehead atoms. The molecule has 1 amide bonds. The standard InChI is InChI=1S/C20H15N3O3/c1-25-17-9-8-13(20-23-15-6-2-3-7-18(15)26-20)11-16(17)22-19(24)14-5-4-10-21-12-14/h2-12H,1H3,(H,22,24). The maximum absolute atomic E-state index is 12.4. The highest BCUT2D eigenvalue weighted by molar-refractivity contribution is 6.05. The van der Waals surface area contributed by atoms with E-state index >= 15 is 0 Å². The number of benzene rings is 2. The summed E-state index contributed by atoms with van der Waals surface area (Å²) in [4.78, 5) is 20.9. The number of rotatable bonds is 4. The third kappa shape index (κ3) is 3.00. The van der Waals surface area contributed by atoms with Crippen LogP contribution in [0, 0.1) is 0 Å². The molecule has 0 aliphatic carbocycles. The van der Waals surface area contributed by atoms with Crippen molar-refractivity contribution in [1.82, 2.24) is 9.97 Å². The Labute approximate surface area is 149 Å². The summed E-state index contributed by atoms with van der Waals surface area (Å²) in [6.45, 7) is 0. The quantitative estimate of drug-likeness (QED) is 0.601. The van der Waals surface area contributed by atoms with Gasteiger partial charge in [-0.3, -0.25) is 9.78 Å². The van der Waals surface area contributed by atoms with Crippen LogP contribution < -0.4 is 10.1 Å². The minimum atomic E-state index is -0.272. The summed E-state index contributed by atoms with van der Waals surface area (Å²) < 4.78 is 11.1. The lowest BCUT2D eigenvalue weighted by Crippen LogP contribution is -2.12. The third-order valence-corrected chi connectivity index (χ3v) is 3.91. The number of aromatic nitrogens is 2. The summed E-state index contributed by atoms with van der Waals surface area (Å²) in [6, 6.07) is 16.3. The Morgan fingerprint density at radius 3 is 2.77 bits per heavy atom. The van der Waals surface area contributed by atoms with Gasteiger partial charge in [0.25, 0.3) is 5.91 Å². The van der Waals surface area contributed by atoms with Crippen LogP contribution in [0.5, 0.6) is 5.75 Å². The van der Waals surface area contributed by atoms with Gasteiger partial charge in [-0.25, -0.2) is 4.98 Å². The van der Waals surface area contributed by atoms with E-state index < -0.39 is 0 Å². The van der Waals surface area contributed by atoms with Crippen LogP contribution in [-0.4, -0.2) is 23.0 Å². The second-order valence-corrected chi connectivity index (χ2v) is 5.60. The zero-order valence-electron chi connectivity index (χ0n) is 14.0. The number of fused-ring (bicyclic) bond motifs is 1. The second-order valence-electron chi connectivity index (χ2n) is 5.60. The number of nitrogens with zero attached hydrogens (tertiary/aromatic N) is 2. The molecule has 4 rings (SSSR count). The molecule has 0 saturated carbocycles. The predicted molar refractivity (Wildman–Crippen MR) is 98.2 cm³/mol. The smallest absolute Gasteiger partial charge is 0.257 e. The zero-order chi connectivity index (χ0) is 17.9. The number of carbonyl (C=O) groups excluding carboxylic acids is 1. The molecule has 2 aromatic heterocycles. The summed E-state index contributed by atoms with van der Waals surface area (Å²) in [6.07, 6.45) is 3.12. The number of amides is 1. The van der Waals surface area contributed by atoms with Crippen LogP contribution in [-0.2, 0) is 0 Å². The van der Waals surface area contributed by atoms with E-state index in [-0.39, 0.29) is 5.91 Å². The highest BCUT2D eigenvalue weighted by Gasteiger charge is 2.14. The Kier molecular flexibility index (Phi) is 4.07. The number of nitrogens with one attached hydrogen (secondary N) is 1. The van der Waals surface area contributed by atoms with Crippen molar-refractivity contribution < 1.29 is 13.9 Å². The molecule has 6 heteroatoms. The molecule has 0 aliphatic rings. The molecule has 0 fully saturated rings. The lowest BCUT2D eigenvalue weighted by Gasteiger charge is -2.11. The highest BCUT2D eigenvalue weighted by atomic mass is 16.5. The lowest BCUT2D eigenvalue weighted by atomic mass is 10.1. The van der Waals surface area contributed by atoms with E-state index in [1.165, 1.54) is 6.20 Å². The molecule has 4 aromatic rings. The first-order valence-electron chi connectivity index (χ1n) is 8.00. The fourth-order valence-electron chi connectivity index (χ4n) is 2.63. The molecule has 6 nitrogen and oxygen atoms in total. The van der Waals surface area contributed by atoms with Gasteiger partial charge in [-0.1, -0.05) is 12.1 Å². The molecule has 1 N–H and O–H groups in total. The van der Waals surface area contributed by atoms with Crippen molar-refractivity contribution in [2.24, 2.45) is 0 Å². The normalized spacial score (nSPS) is 10.7. The van der Waals surface area contributed by atoms with Gasteiger partial charge in [0.2, 0.25) is 5.89 Å². The van der Waals surface area contributed by atoms with Gasteiger partial charge >= 0.3 is 0 Å². The first-order chi connectivity index (χ1) is 12.7. The number of pyridine rings is 1. The summed E-state index contributed by atoms with van der Waals surface area (Å²) in [7, 11) is 1.55. The average Bonchev–Trinajstić information content (AvgIpc) is 3.13. The molecule has 2 heterocycles. The van der Waals surface area contributed by atoms with Crippen LogP contribution in [0.2, 0.25) is 0 Å². The monoisotopic (exact) mass is 345 g/mol. The average molecular weight is 345 g/mol. The van der Waals surface area contributed by atoms with Gasteiger partial charge in [-0.15, -0.1) is 0 Å². The second kappa shape index (κ2) is 6.68. The number of para-hydroxylation sites is 2. The van der Waals surface area contributed by atoms with Crippen LogP contribution >= 0.6 is 0 Å². The van der Waals surface area contributed by atoms with Crippen molar-refractivity contribution in [2.45, 2.75) is 0 Å². The molecule has 0 saturated heterocycles. The number of carbonyl (C=O) groups is 1.